The number of hydrogen-bond donors (Lipinski definition) is 2. The molecular weight excluding hydrogens is 322 g/mol. The number of carbonyl (C=O) groups excluding carboxylic acids is 2. The molecule has 6 heteroatoms. The molecule has 1 atom stereocenters. The highest BCUT2D eigenvalue weighted by atomic mass is 32.1. The van der Waals surface area contributed by atoms with Gasteiger partial charge >= 0.3 is 0 Å². The van der Waals surface area contributed by atoms with Crippen LogP contribution in [0, 0.1) is 0 Å². The van der Waals surface area contributed by atoms with Gasteiger partial charge in [0.05, 0.1) is 4.88 Å². The van der Waals surface area contributed by atoms with E-state index in [0.717, 1.165) is 12.1 Å². The van der Waals surface area contributed by atoms with Gasteiger partial charge in [0.1, 0.15) is 6.04 Å². The van der Waals surface area contributed by atoms with E-state index in [4.69, 9.17) is 0 Å². The summed E-state index contributed by atoms with van der Waals surface area (Å²) in [5.41, 5.74) is 2.26. The fraction of sp³-hybridized carbons (Fsp3) is 0.333. The van der Waals surface area contributed by atoms with Crippen LogP contribution in [0.25, 0.3) is 0 Å². The van der Waals surface area contributed by atoms with E-state index >= 15 is 0 Å². The first-order valence-corrected chi connectivity index (χ1v) is 8.68. The van der Waals surface area contributed by atoms with E-state index in [1.165, 1.54) is 16.9 Å². The van der Waals surface area contributed by atoms with Gasteiger partial charge < -0.3 is 15.5 Å². The van der Waals surface area contributed by atoms with Crippen molar-refractivity contribution in [2.45, 2.75) is 26.1 Å². The first kappa shape index (κ1) is 18.2. The lowest BCUT2D eigenvalue weighted by Gasteiger charge is -2.14. The number of carbonyl (C=O) groups is 2. The van der Waals surface area contributed by atoms with Gasteiger partial charge in [-0.2, -0.15) is 0 Å². The van der Waals surface area contributed by atoms with E-state index in [2.05, 4.69) is 27.7 Å². The Morgan fingerprint density at radius 3 is 2.38 bits per heavy atom. The molecule has 0 radical (unpaired) electrons. The second-order valence-electron chi connectivity index (χ2n) is 5.94. The fourth-order valence-corrected chi connectivity index (χ4v) is 2.84. The summed E-state index contributed by atoms with van der Waals surface area (Å²) in [4.78, 5) is 26.7. The van der Waals surface area contributed by atoms with Gasteiger partial charge in [0.25, 0.3) is 5.91 Å². The molecule has 128 valence electrons. The lowest BCUT2D eigenvalue weighted by atomic mass is 10.1. The van der Waals surface area contributed by atoms with Crippen LogP contribution in [-0.2, 0) is 17.9 Å². The molecule has 0 spiro atoms. The third-order valence-corrected chi connectivity index (χ3v) is 4.34. The summed E-state index contributed by atoms with van der Waals surface area (Å²) < 4.78 is 0. The molecule has 0 aliphatic carbocycles. The minimum Gasteiger partial charge on any atom is -0.350 e. The highest BCUT2D eigenvalue weighted by Crippen LogP contribution is 2.08. The van der Waals surface area contributed by atoms with Crippen LogP contribution in [0.4, 0.5) is 0 Å². The summed E-state index contributed by atoms with van der Waals surface area (Å²) in [6.45, 7) is 3.01. The van der Waals surface area contributed by atoms with Gasteiger partial charge in [-0.05, 0) is 43.6 Å². The standard InChI is InChI=1S/C18H23N3O2S/c1-13(20-18(23)16-5-4-10-24-16)17(22)19-11-14-6-8-15(9-7-14)12-21(2)3/h4-10,13H,11-12H2,1-3H3,(H,19,22)(H,20,23). The Morgan fingerprint density at radius 1 is 1.12 bits per heavy atom. The number of nitrogens with zero attached hydrogens (tertiary/aromatic N) is 1. The van der Waals surface area contributed by atoms with Crippen molar-refractivity contribution in [3.05, 3.63) is 57.8 Å². The van der Waals surface area contributed by atoms with Crippen molar-refractivity contribution in [3.8, 4) is 0 Å². The zero-order valence-electron chi connectivity index (χ0n) is 14.2. The van der Waals surface area contributed by atoms with Crippen molar-refractivity contribution >= 4 is 23.2 Å². The Kier molecular flexibility index (Phi) is 6.52. The van der Waals surface area contributed by atoms with E-state index in [0.29, 0.717) is 11.4 Å². The predicted octanol–water partition coefficient (Wildman–Crippen LogP) is 2.24. The number of nitrogens with one attached hydrogen (secondary N) is 2. The van der Waals surface area contributed by atoms with Crippen molar-refractivity contribution in [2.75, 3.05) is 14.1 Å². The molecule has 5 nitrogen and oxygen atoms in total. The van der Waals surface area contributed by atoms with E-state index in [-0.39, 0.29) is 11.8 Å². The second-order valence-corrected chi connectivity index (χ2v) is 6.89. The largest absolute Gasteiger partial charge is 0.350 e. The van der Waals surface area contributed by atoms with Crippen LogP contribution in [0.1, 0.15) is 27.7 Å². The smallest absolute Gasteiger partial charge is 0.261 e. The first-order valence-electron chi connectivity index (χ1n) is 7.80. The van der Waals surface area contributed by atoms with Crippen LogP contribution in [0.5, 0.6) is 0 Å². The molecule has 0 bridgehead atoms. The molecule has 0 saturated carbocycles. The predicted molar refractivity (Wildman–Crippen MR) is 96.9 cm³/mol. The monoisotopic (exact) mass is 345 g/mol. The van der Waals surface area contributed by atoms with Crippen molar-refractivity contribution in [3.63, 3.8) is 0 Å². The molecule has 2 N–H and O–H groups in total. The molecule has 1 aromatic carbocycles. The van der Waals surface area contributed by atoms with Gasteiger partial charge in [0.2, 0.25) is 5.91 Å². The number of thiophene rings is 1. The van der Waals surface area contributed by atoms with Gasteiger partial charge in [-0.15, -0.1) is 11.3 Å². The summed E-state index contributed by atoms with van der Waals surface area (Å²) >= 11 is 1.35. The van der Waals surface area contributed by atoms with Gasteiger partial charge in [0.15, 0.2) is 0 Å². The van der Waals surface area contributed by atoms with Gasteiger partial charge in [-0.1, -0.05) is 30.3 Å². The quantitative estimate of drug-likeness (QED) is 0.809. The zero-order valence-corrected chi connectivity index (χ0v) is 15.0. The number of hydrogen-bond acceptors (Lipinski definition) is 4. The molecule has 2 amide bonds. The Bertz CT molecular complexity index is 666. The average Bonchev–Trinajstić information content (AvgIpc) is 3.08. The van der Waals surface area contributed by atoms with Gasteiger partial charge in [-0.25, -0.2) is 0 Å². The minimum atomic E-state index is -0.576. The zero-order chi connectivity index (χ0) is 17.5. The van der Waals surface area contributed by atoms with Crippen molar-refractivity contribution in [2.24, 2.45) is 0 Å². The van der Waals surface area contributed by atoms with Crippen molar-refractivity contribution in [1.29, 1.82) is 0 Å². The molecule has 24 heavy (non-hydrogen) atoms. The maximum Gasteiger partial charge on any atom is 0.261 e. The van der Waals surface area contributed by atoms with E-state index in [9.17, 15) is 9.59 Å². The van der Waals surface area contributed by atoms with E-state index < -0.39 is 6.04 Å². The van der Waals surface area contributed by atoms with Crippen LogP contribution in [0.15, 0.2) is 41.8 Å². The molecule has 1 heterocycles. The first-order chi connectivity index (χ1) is 11.5. The maximum atomic E-state index is 12.1. The Morgan fingerprint density at radius 2 is 1.79 bits per heavy atom. The van der Waals surface area contributed by atoms with Crippen LogP contribution in [-0.4, -0.2) is 36.9 Å². The highest BCUT2D eigenvalue weighted by molar-refractivity contribution is 7.12. The number of rotatable bonds is 7. The molecule has 0 saturated heterocycles. The van der Waals surface area contributed by atoms with E-state index in [1.54, 1.807) is 13.0 Å². The van der Waals surface area contributed by atoms with Crippen LogP contribution in [0.2, 0.25) is 0 Å². The average molecular weight is 345 g/mol. The Hall–Kier alpha value is -2.18. The fourth-order valence-electron chi connectivity index (χ4n) is 2.21. The SMILES string of the molecule is CC(NC(=O)c1cccs1)C(=O)NCc1ccc(CN(C)C)cc1. The molecule has 1 aromatic heterocycles. The lowest BCUT2D eigenvalue weighted by molar-refractivity contribution is -0.122. The topological polar surface area (TPSA) is 61.4 Å². The summed E-state index contributed by atoms with van der Waals surface area (Å²) in [6.07, 6.45) is 0. The van der Waals surface area contributed by atoms with Crippen LogP contribution in [0.3, 0.4) is 0 Å². The number of amides is 2. The van der Waals surface area contributed by atoms with E-state index in [1.807, 2.05) is 37.7 Å². The van der Waals surface area contributed by atoms with Crippen LogP contribution >= 0.6 is 11.3 Å². The van der Waals surface area contributed by atoms with Crippen molar-refractivity contribution in [1.82, 2.24) is 15.5 Å². The highest BCUT2D eigenvalue weighted by Gasteiger charge is 2.16. The molecular formula is C18H23N3O2S. The number of benzene rings is 1. The molecule has 1 unspecified atom stereocenters. The molecule has 2 rings (SSSR count). The third-order valence-electron chi connectivity index (χ3n) is 3.47. The van der Waals surface area contributed by atoms with Gasteiger partial charge in [-0.3, -0.25) is 9.59 Å². The van der Waals surface area contributed by atoms with Crippen LogP contribution < -0.4 is 10.6 Å². The summed E-state index contributed by atoms with van der Waals surface area (Å²) in [5, 5.41) is 7.38. The normalized spacial score (nSPS) is 12.0. The maximum absolute atomic E-state index is 12.1. The third kappa shape index (κ3) is 5.47. The Balaban J connectivity index is 1.80. The summed E-state index contributed by atoms with van der Waals surface area (Å²) in [7, 11) is 4.06. The summed E-state index contributed by atoms with van der Waals surface area (Å²) in [5.74, 6) is -0.419. The lowest BCUT2D eigenvalue weighted by Crippen LogP contribution is -2.44. The molecule has 2 aromatic rings. The molecule has 0 aliphatic heterocycles. The minimum absolute atomic E-state index is 0.197. The molecule has 0 fully saturated rings. The Labute approximate surface area is 146 Å². The second kappa shape index (κ2) is 8.61. The van der Waals surface area contributed by atoms with Crippen molar-refractivity contribution < 1.29 is 9.59 Å². The molecule has 0 aliphatic rings. The van der Waals surface area contributed by atoms with Gasteiger partial charge in [0, 0.05) is 13.1 Å². The summed E-state index contributed by atoms with van der Waals surface area (Å²) in [6, 6.07) is 11.1.